The van der Waals surface area contributed by atoms with Crippen LogP contribution in [0, 0.1) is 5.41 Å². The summed E-state index contributed by atoms with van der Waals surface area (Å²) in [6.45, 7) is 1.76. The Morgan fingerprint density at radius 2 is 2.22 bits per heavy atom. The number of benzene rings is 1. The maximum Gasteiger partial charge on any atom is 0.255 e. The summed E-state index contributed by atoms with van der Waals surface area (Å²) in [6, 6.07) is 5.22. The minimum atomic E-state index is -0.666. The second-order valence-electron chi connectivity index (χ2n) is 5.60. The SMILES string of the molecule is CCc1nnc([C@H]2C(=N)S/C(=C\c3ccc(OCC(N)=O)c(Br)c3)C2=O)s1. The topological polar surface area (TPSA) is 119 Å². The molecule has 7 nitrogen and oxygen atoms in total. The Labute approximate surface area is 172 Å². The molecule has 3 rings (SSSR count). The van der Waals surface area contributed by atoms with Crippen molar-refractivity contribution < 1.29 is 14.3 Å². The van der Waals surface area contributed by atoms with E-state index in [0.717, 1.165) is 28.8 Å². The molecule has 1 atom stereocenters. The molecule has 1 aromatic carbocycles. The summed E-state index contributed by atoms with van der Waals surface area (Å²) in [5.74, 6) is -0.893. The molecule has 0 saturated carbocycles. The highest BCUT2D eigenvalue weighted by atomic mass is 79.9. The lowest BCUT2D eigenvalue weighted by molar-refractivity contribution is -0.120. The van der Waals surface area contributed by atoms with Crippen molar-refractivity contribution in [1.29, 1.82) is 5.41 Å². The van der Waals surface area contributed by atoms with Crippen LogP contribution in [0.15, 0.2) is 27.6 Å². The Hall–Kier alpha value is -2.04. The zero-order valence-corrected chi connectivity index (χ0v) is 17.4. The first-order chi connectivity index (χ1) is 12.9. The molecule has 0 unspecified atom stereocenters. The van der Waals surface area contributed by atoms with Gasteiger partial charge < -0.3 is 10.5 Å². The number of Topliss-reactive ketones (excluding diaryl/α,β-unsaturated/α-hetero) is 1. The van der Waals surface area contributed by atoms with E-state index in [0.29, 0.717) is 20.1 Å². The molecule has 2 aromatic rings. The number of aromatic nitrogens is 2. The number of aryl methyl sites for hydroxylation is 1. The van der Waals surface area contributed by atoms with Gasteiger partial charge in [0.1, 0.15) is 21.7 Å². The third-order valence-corrected chi connectivity index (χ3v) is 6.39. The summed E-state index contributed by atoms with van der Waals surface area (Å²) < 4.78 is 5.92. The number of thioether (sulfide) groups is 1. The van der Waals surface area contributed by atoms with Gasteiger partial charge in [-0.1, -0.05) is 24.8 Å². The van der Waals surface area contributed by atoms with Crippen LogP contribution in [-0.2, 0) is 16.0 Å². The van der Waals surface area contributed by atoms with Gasteiger partial charge >= 0.3 is 0 Å². The number of hydrogen-bond donors (Lipinski definition) is 2. The molecule has 27 heavy (non-hydrogen) atoms. The number of halogens is 1. The summed E-state index contributed by atoms with van der Waals surface area (Å²) in [5.41, 5.74) is 5.84. The Balaban J connectivity index is 1.81. The van der Waals surface area contributed by atoms with Crippen molar-refractivity contribution in [1.82, 2.24) is 10.2 Å². The molecule has 0 spiro atoms. The van der Waals surface area contributed by atoms with E-state index < -0.39 is 11.8 Å². The number of allylic oxidation sites excluding steroid dienone is 1. The third kappa shape index (κ3) is 4.45. The maximum atomic E-state index is 12.8. The summed E-state index contributed by atoms with van der Waals surface area (Å²) >= 11 is 5.89. The van der Waals surface area contributed by atoms with Crippen molar-refractivity contribution in [2.45, 2.75) is 19.3 Å². The number of hydrogen-bond acceptors (Lipinski definition) is 8. The first-order valence-corrected chi connectivity index (χ1v) is 10.4. The quantitative estimate of drug-likeness (QED) is 0.630. The fourth-order valence-electron chi connectivity index (χ4n) is 2.36. The fourth-order valence-corrected chi connectivity index (χ4v) is 4.83. The highest BCUT2D eigenvalue weighted by Crippen LogP contribution is 2.41. The lowest BCUT2D eigenvalue weighted by Gasteiger charge is -2.07. The Morgan fingerprint density at radius 1 is 1.44 bits per heavy atom. The first-order valence-electron chi connectivity index (χ1n) is 7.94. The number of ether oxygens (including phenoxy) is 1. The van der Waals surface area contributed by atoms with Gasteiger partial charge in [0, 0.05) is 0 Å². The van der Waals surface area contributed by atoms with E-state index in [9.17, 15) is 9.59 Å². The van der Waals surface area contributed by atoms with Crippen LogP contribution in [0.5, 0.6) is 5.75 Å². The van der Waals surface area contributed by atoms with Crippen LogP contribution in [0.4, 0.5) is 0 Å². The molecule has 2 heterocycles. The molecule has 0 aliphatic carbocycles. The molecule has 1 saturated heterocycles. The number of nitrogens with one attached hydrogen (secondary N) is 1. The van der Waals surface area contributed by atoms with Gasteiger partial charge in [0.25, 0.3) is 5.91 Å². The minimum Gasteiger partial charge on any atom is -0.483 e. The van der Waals surface area contributed by atoms with E-state index in [-0.39, 0.29) is 17.4 Å². The van der Waals surface area contributed by atoms with Crippen LogP contribution in [-0.4, -0.2) is 33.5 Å². The van der Waals surface area contributed by atoms with Crippen molar-refractivity contribution >= 4 is 61.8 Å². The minimum absolute atomic E-state index is 0.144. The summed E-state index contributed by atoms with van der Waals surface area (Å²) in [7, 11) is 0. The highest BCUT2D eigenvalue weighted by Gasteiger charge is 2.39. The zero-order valence-electron chi connectivity index (χ0n) is 14.2. The molecule has 3 N–H and O–H groups in total. The lowest BCUT2D eigenvalue weighted by atomic mass is 10.1. The number of primary amides is 1. The molecule has 1 aliphatic heterocycles. The maximum absolute atomic E-state index is 12.8. The second-order valence-corrected chi connectivity index (χ2v) is 8.64. The van der Waals surface area contributed by atoms with E-state index in [1.807, 2.05) is 6.92 Å². The first kappa shape index (κ1) is 19.7. The smallest absolute Gasteiger partial charge is 0.255 e. The number of rotatable bonds is 6. The van der Waals surface area contributed by atoms with Gasteiger partial charge in [-0.15, -0.1) is 21.5 Å². The molecule has 1 aliphatic rings. The summed E-state index contributed by atoms with van der Waals surface area (Å²) in [6.07, 6.45) is 2.48. The number of amides is 1. The van der Waals surface area contributed by atoms with E-state index >= 15 is 0 Å². The van der Waals surface area contributed by atoms with Crippen LogP contribution >= 0.6 is 39.0 Å². The number of carbonyl (C=O) groups is 2. The van der Waals surface area contributed by atoms with Gasteiger partial charge in [0.05, 0.1) is 14.4 Å². The fraction of sp³-hybridized carbons (Fsp3) is 0.235. The monoisotopic (exact) mass is 466 g/mol. The number of carbonyl (C=O) groups excluding carboxylic acids is 2. The van der Waals surface area contributed by atoms with Gasteiger partial charge in [0.15, 0.2) is 12.4 Å². The Kier molecular flexibility index (Phi) is 6.08. The van der Waals surface area contributed by atoms with Gasteiger partial charge in [-0.25, -0.2) is 0 Å². The van der Waals surface area contributed by atoms with Crippen molar-refractivity contribution in [2.75, 3.05) is 6.61 Å². The third-order valence-electron chi connectivity index (χ3n) is 3.64. The summed E-state index contributed by atoms with van der Waals surface area (Å²) in [4.78, 5) is 24.1. The molecule has 0 bridgehead atoms. The zero-order chi connectivity index (χ0) is 19.6. The second kappa shape index (κ2) is 8.32. The van der Waals surface area contributed by atoms with Crippen LogP contribution in [0.25, 0.3) is 6.08 Å². The van der Waals surface area contributed by atoms with Crippen LogP contribution in [0.3, 0.4) is 0 Å². The predicted octanol–water partition coefficient (Wildman–Crippen LogP) is 3.14. The van der Waals surface area contributed by atoms with Crippen LogP contribution < -0.4 is 10.5 Å². The van der Waals surface area contributed by atoms with E-state index in [1.54, 1.807) is 24.3 Å². The average molecular weight is 467 g/mol. The molecule has 140 valence electrons. The van der Waals surface area contributed by atoms with E-state index in [2.05, 4.69) is 26.1 Å². The van der Waals surface area contributed by atoms with Crippen LogP contribution in [0.1, 0.15) is 28.4 Å². The van der Waals surface area contributed by atoms with Crippen molar-refractivity contribution in [3.05, 3.63) is 43.2 Å². The van der Waals surface area contributed by atoms with Gasteiger partial charge in [-0.3, -0.25) is 15.0 Å². The van der Waals surface area contributed by atoms with Crippen LogP contribution in [0.2, 0.25) is 0 Å². The van der Waals surface area contributed by atoms with Crippen molar-refractivity contribution in [3.63, 3.8) is 0 Å². The van der Waals surface area contributed by atoms with Gasteiger partial charge in [-0.05, 0) is 46.1 Å². The molecule has 1 amide bonds. The number of nitrogens with two attached hydrogens (primary N) is 1. The highest BCUT2D eigenvalue weighted by molar-refractivity contribution is 9.10. The standard InChI is InChI=1S/C17H15BrN4O3S2/c1-2-13-21-22-17(27-13)14-15(24)11(26-16(14)20)6-8-3-4-10(9(18)5-8)25-7-12(19)23/h3-6,14,20H,2,7H2,1H3,(H2,19,23)/b11-6-,20-16?/t14-/m1/s1. The largest absolute Gasteiger partial charge is 0.483 e. The average Bonchev–Trinajstić information content (AvgIpc) is 3.18. The summed E-state index contributed by atoms with van der Waals surface area (Å²) in [5, 5.41) is 18.0. The van der Waals surface area contributed by atoms with Gasteiger partial charge in [-0.2, -0.15) is 0 Å². The molecular formula is C17H15BrN4O3S2. The predicted molar refractivity (Wildman–Crippen MR) is 109 cm³/mol. The van der Waals surface area contributed by atoms with E-state index in [4.69, 9.17) is 15.9 Å². The molecule has 10 heteroatoms. The normalized spacial score (nSPS) is 18.3. The van der Waals surface area contributed by atoms with Crippen molar-refractivity contribution in [2.24, 2.45) is 5.73 Å². The Bertz CT molecular complexity index is 957. The molecule has 1 aromatic heterocycles. The number of ketones is 1. The van der Waals surface area contributed by atoms with E-state index in [1.165, 1.54) is 11.3 Å². The van der Waals surface area contributed by atoms with Crippen molar-refractivity contribution in [3.8, 4) is 5.75 Å². The molecule has 1 fully saturated rings. The number of nitrogens with zero attached hydrogens (tertiary/aromatic N) is 2. The van der Waals surface area contributed by atoms with Gasteiger partial charge in [0.2, 0.25) is 0 Å². The lowest BCUT2D eigenvalue weighted by Crippen LogP contribution is -2.20. The molecular weight excluding hydrogens is 452 g/mol. The molecule has 0 radical (unpaired) electrons. The Morgan fingerprint density at radius 3 is 2.85 bits per heavy atom.